The zero-order chi connectivity index (χ0) is 16.4. The number of nitrogens with zero attached hydrogens (tertiary/aromatic N) is 3. The molecule has 0 radical (unpaired) electrons. The summed E-state index contributed by atoms with van der Waals surface area (Å²) in [6.45, 7) is 3.88. The fraction of sp³-hybridized carbons (Fsp3) is 0.474. The normalized spacial score (nSPS) is 21.5. The number of hydrogen-bond acceptors (Lipinski definition) is 4. The second-order valence-electron chi connectivity index (χ2n) is 6.75. The van der Waals surface area contributed by atoms with Gasteiger partial charge in [-0.15, -0.1) is 0 Å². The third-order valence-electron chi connectivity index (χ3n) is 5.01. The molecular formula is C19H23ClN4. The van der Waals surface area contributed by atoms with Crippen LogP contribution in [-0.2, 0) is 19.5 Å². The van der Waals surface area contributed by atoms with Gasteiger partial charge in [-0.1, -0.05) is 36.2 Å². The molecule has 0 amide bonds. The van der Waals surface area contributed by atoms with Crippen molar-refractivity contribution in [2.24, 2.45) is 0 Å². The van der Waals surface area contributed by atoms with E-state index >= 15 is 0 Å². The first-order valence-corrected chi connectivity index (χ1v) is 9.21. The lowest BCUT2D eigenvalue weighted by molar-refractivity contribution is 0.242. The first-order chi connectivity index (χ1) is 11.8. The van der Waals surface area contributed by atoms with Gasteiger partial charge in [-0.2, -0.15) is 0 Å². The third-order valence-corrected chi connectivity index (χ3v) is 5.37. The second kappa shape index (κ2) is 7.18. The molecule has 2 aromatic rings. The average Bonchev–Trinajstić information content (AvgIpc) is 2.64. The summed E-state index contributed by atoms with van der Waals surface area (Å²) < 4.78 is 0. The lowest BCUT2D eigenvalue weighted by Crippen LogP contribution is -2.33. The molecule has 1 fully saturated rings. The van der Waals surface area contributed by atoms with E-state index in [-0.39, 0.29) is 0 Å². The topological polar surface area (TPSA) is 41.1 Å². The molecule has 1 aromatic carbocycles. The first-order valence-electron chi connectivity index (χ1n) is 8.83. The van der Waals surface area contributed by atoms with E-state index in [2.05, 4.69) is 21.3 Å². The fourth-order valence-corrected chi connectivity index (χ4v) is 3.83. The number of hydrogen-bond donors (Lipinski definition) is 1. The minimum absolute atomic E-state index is 0.338. The molecule has 0 unspecified atom stereocenters. The smallest absolute Gasteiger partial charge is 0.145 e. The van der Waals surface area contributed by atoms with Crippen molar-refractivity contribution in [1.82, 2.24) is 20.2 Å². The number of benzene rings is 1. The largest absolute Gasteiger partial charge is 0.307 e. The van der Waals surface area contributed by atoms with Crippen LogP contribution in [0.3, 0.4) is 0 Å². The number of aromatic nitrogens is 2. The van der Waals surface area contributed by atoms with Crippen molar-refractivity contribution in [1.29, 1.82) is 0 Å². The molecule has 0 saturated carbocycles. The van der Waals surface area contributed by atoms with E-state index in [1.54, 1.807) is 0 Å². The molecule has 1 saturated heterocycles. The lowest BCUT2D eigenvalue weighted by Gasteiger charge is -2.29. The summed E-state index contributed by atoms with van der Waals surface area (Å²) in [4.78, 5) is 11.9. The van der Waals surface area contributed by atoms with Crippen molar-refractivity contribution in [3.05, 3.63) is 58.1 Å². The Morgan fingerprint density at radius 3 is 3.00 bits per heavy atom. The minimum atomic E-state index is 0.338. The van der Waals surface area contributed by atoms with Crippen LogP contribution in [-0.4, -0.2) is 28.0 Å². The van der Waals surface area contributed by atoms with Gasteiger partial charge in [-0.25, -0.2) is 9.97 Å². The van der Waals surface area contributed by atoms with Crippen molar-refractivity contribution < 1.29 is 0 Å². The van der Waals surface area contributed by atoms with Gasteiger partial charge in [0.05, 0.1) is 6.04 Å². The molecule has 0 spiro atoms. The van der Waals surface area contributed by atoms with Crippen LogP contribution in [0.4, 0.5) is 0 Å². The second-order valence-corrected chi connectivity index (χ2v) is 7.16. The van der Waals surface area contributed by atoms with Crippen molar-refractivity contribution in [2.45, 2.75) is 44.8 Å². The van der Waals surface area contributed by atoms with Gasteiger partial charge in [-0.05, 0) is 31.0 Å². The van der Waals surface area contributed by atoms with E-state index in [0.717, 1.165) is 49.9 Å². The molecule has 1 N–H and O–H groups in total. The zero-order valence-electron chi connectivity index (χ0n) is 13.8. The van der Waals surface area contributed by atoms with E-state index in [0.29, 0.717) is 6.04 Å². The van der Waals surface area contributed by atoms with E-state index in [1.165, 1.54) is 29.7 Å². The SMILES string of the molecule is Clc1ccccc1CN1CCc2nc([C@H]3CCCCN3)ncc2C1. The molecule has 1 aromatic heterocycles. The number of nitrogens with one attached hydrogen (secondary N) is 1. The van der Waals surface area contributed by atoms with Crippen LogP contribution in [0.15, 0.2) is 30.5 Å². The minimum Gasteiger partial charge on any atom is -0.307 e. The number of halogens is 1. The van der Waals surface area contributed by atoms with Gasteiger partial charge in [0.15, 0.2) is 0 Å². The quantitative estimate of drug-likeness (QED) is 0.926. The summed E-state index contributed by atoms with van der Waals surface area (Å²) in [6.07, 6.45) is 6.70. The predicted octanol–water partition coefficient (Wildman–Crippen LogP) is 3.50. The van der Waals surface area contributed by atoms with Crippen molar-refractivity contribution in [3.8, 4) is 0 Å². The number of piperidine rings is 1. The molecular weight excluding hydrogens is 320 g/mol. The van der Waals surface area contributed by atoms with Crippen LogP contribution in [0.1, 0.15) is 47.9 Å². The van der Waals surface area contributed by atoms with E-state index in [9.17, 15) is 0 Å². The van der Waals surface area contributed by atoms with Crippen LogP contribution in [0.5, 0.6) is 0 Å². The summed E-state index contributed by atoms with van der Waals surface area (Å²) in [5.74, 6) is 0.980. The Balaban J connectivity index is 1.46. The summed E-state index contributed by atoms with van der Waals surface area (Å²) in [5, 5.41) is 4.39. The molecule has 0 bridgehead atoms. The lowest BCUT2D eigenvalue weighted by atomic mass is 10.0. The van der Waals surface area contributed by atoms with E-state index in [1.807, 2.05) is 24.4 Å². The molecule has 1 atom stereocenters. The summed E-state index contributed by atoms with van der Waals surface area (Å²) in [5.41, 5.74) is 3.67. The maximum atomic E-state index is 6.29. The van der Waals surface area contributed by atoms with Gasteiger partial charge < -0.3 is 5.32 Å². The molecule has 5 heteroatoms. The summed E-state index contributed by atoms with van der Waals surface area (Å²) >= 11 is 6.29. The fourth-order valence-electron chi connectivity index (χ4n) is 3.63. The van der Waals surface area contributed by atoms with Crippen molar-refractivity contribution in [2.75, 3.05) is 13.1 Å². The highest BCUT2D eigenvalue weighted by molar-refractivity contribution is 6.31. The van der Waals surface area contributed by atoms with E-state index < -0.39 is 0 Å². The van der Waals surface area contributed by atoms with Crippen LogP contribution in [0, 0.1) is 0 Å². The van der Waals surface area contributed by atoms with Gasteiger partial charge in [0.1, 0.15) is 5.82 Å². The standard InChI is InChI=1S/C19H23ClN4/c20-16-6-2-1-5-14(16)12-24-10-8-17-15(13-24)11-22-19(23-17)18-7-3-4-9-21-18/h1-2,5-6,11,18,21H,3-4,7-10,12-13H2/t18-/m1/s1. The van der Waals surface area contributed by atoms with Crippen LogP contribution >= 0.6 is 11.6 Å². The van der Waals surface area contributed by atoms with Gasteiger partial charge in [0.2, 0.25) is 0 Å². The molecule has 126 valence electrons. The molecule has 3 heterocycles. The maximum absolute atomic E-state index is 6.29. The van der Waals surface area contributed by atoms with E-state index in [4.69, 9.17) is 16.6 Å². The Hall–Kier alpha value is -1.49. The van der Waals surface area contributed by atoms with Gasteiger partial charge in [0, 0.05) is 48.5 Å². The van der Waals surface area contributed by atoms with Crippen molar-refractivity contribution >= 4 is 11.6 Å². The van der Waals surface area contributed by atoms with Gasteiger partial charge >= 0.3 is 0 Å². The highest BCUT2D eigenvalue weighted by atomic mass is 35.5. The number of fused-ring (bicyclic) bond motifs is 1. The van der Waals surface area contributed by atoms with Crippen LogP contribution in [0.2, 0.25) is 5.02 Å². The Kier molecular flexibility index (Phi) is 4.79. The molecule has 2 aliphatic heterocycles. The Bertz CT molecular complexity index is 712. The molecule has 4 rings (SSSR count). The molecule has 24 heavy (non-hydrogen) atoms. The average molecular weight is 343 g/mol. The molecule has 0 aliphatic carbocycles. The Morgan fingerprint density at radius 2 is 2.17 bits per heavy atom. The monoisotopic (exact) mass is 342 g/mol. The van der Waals surface area contributed by atoms with Gasteiger partial charge in [0.25, 0.3) is 0 Å². The van der Waals surface area contributed by atoms with Crippen LogP contribution < -0.4 is 5.32 Å². The Morgan fingerprint density at radius 1 is 1.25 bits per heavy atom. The summed E-state index contributed by atoms with van der Waals surface area (Å²) in [6, 6.07) is 8.43. The van der Waals surface area contributed by atoms with Crippen LogP contribution in [0.25, 0.3) is 0 Å². The Labute approximate surface area is 148 Å². The van der Waals surface area contributed by atoms with Crippen molar-refractivity contribution in [3.63, 3.8) is 0 Å². The van der Waals surface area contributed by atoms with Gasteiger partial charge in [-0.3, -0.25) is 4.90 Å². The molecule has 2 aliphatic rings. The summed E-state index contributed by atoms with van der Waals surface area (Å²) in [7, 11) is 0. The number of rotatable bonds is 3. The first kappa shape index (κ1) is 16.0. The zero-order valence-corrected chi connectivity index (χ0v) is 14.6. The highest BCUT2D eigenvalue weighted by Crippen LogP contribution is 2.25. The molecule has 4 nitrogen and oxygen atoms in total. The predicted molar refractivity (Wildman–Crippen MR) is 95.9 cm³/mol. The highest BCUT2D eigenvalue weighted by Gasteiger charge is 2.22. The third kappa shape index (κ3) is 3.46. The maximum Gasteiger partial charge on any atom is 0.145 e.